The topological polar surface area (TPSA) is 23.5 Å². The van der Waals surface area contributed by atoms with E-state index < -0.39 is 11.9 Å². The minimum absolute atomic E-state index is 0.306. The molecule has 1 heterocycles. The molecular formula is C20H18Cl2FNO. The number of halogens is 3. The number of benzene rings is 2. The van der Waals surface area contributed by atoms with Crippen LogP contribution in [0.4, 0.5) is 4.39 Å². The molecule has 0 saturated heterocycles. The summed E-state index contributed by atoms with van der Waals surface area (Å²) in [7, 11) is 0. The van der Waals surface area contributed by atoms with Gasteiger partial charge in [0.2, 0.25) is 0 Å². The highest BCUT2D eigenvalue weighted by Crippen LogP contribution is 2.39. The van der Waals surface area contributed by atoms with Crippen LogP contribution in [0.3, 0.4) is 0 Å². The predicted molar refractivity (Wildman–Crippen MR) is 99.5 cm³/mol. The summed E-state index contributed by atoms with van der Waals surface area (Å²) in [5.74, 6) is -0.423. The summed E-state index contributed by atoms with van der Waals surface area (Å²) in [4.78, 5) is 2.22. The summed E-state index contributed by atoms with van der Waals surface area (Å²) in [6.07, 6.45) is 1.13. The van der Waals surface area contributed by atoms with Crippen molar-refractivity contribution in [3.8, 4) is 0 Å². The monoisotopic (exact) mass is 377 g/mol. The summed E-state index contributed by atoms with van der Waals surface area (Å²) < 4.78 is 13.5. The maximum absolute atomic E-state index is 13.5. The zero-order valence-electron chi connectivity index (χ0n) is 13.6. The maximum atomic E-state index is 13.5. The highest BCUT2D eigenvalue weighted by molar-refractivity contribution is 6.31. The Hall–Kier alpha value is -1.39. The Morgan fingerprint density at radius 2 is 1.96 bits per heavy atom. The van der Waals surface area contributed by atoms with Gasteiger partial charge in [-0.3, -0.25) is 4.90 Å². The van der Waals surface area contributed by atoms with Crippen molar-refractivity contribution in [2.24, 2.45) is 0 Å². The quantitative estimate of drug-likeness (QED) is 0.823. The lowest BCUT2D eigenvalue weighted by Crippen LogP contribution is -2.34. The van der Waals surface area contributed by atoms with E-state index in [9.17, 15) is 9.50 Å². The van der Waals surface area contributed by atoms with Gasteiger partial charge in [0.05, 0.1) is 6.10 Å². The first kappa shape index (κ1) is 17.0. The number of hydrogen-bond donors (Lipinski definition) is 1. The molecule has 0 spiro atoms. The van der Waals surface area contributed by atoms with Crippen LogP contribution in [0, 0.1) is 5.82 Å². The van der Waals surface area contributed by atoms with Crippen LogP contribution in [0.2, 0.25) is 10.0 Å². The van der Waals surface area contributed by atoms with E-state index >= 15 is 0 Å². The van der Waals surface area contributed by atoms with Gasteiger partial charge in [0.15, 0.2) is 0 Å². The van der Waals surface area contributed by atoms with Crippen molar-refractivity contribution in [1.82, 2.24) is 4.90 Å². The first-order chi connectivity index (χ1) is 12.0. The Morgan fingerprint density at radius 3 is 2.76 bits per heavy atom. The molecular weight excluding hydrogens is 360 g/mol. The zero-order chi connectivity index (χ0) is 17.6. The predicted octanol–water partition coefficient (Wildman–Crippen LogP) is 4.88. The summed E-state index contributed by atoms with van der Waals surface area (Å²) >= 11 is 12.0. The van der Waals surface area contributed by atoms with Gasteiger partial charge in [0.25, 0.3) is 0 Å². The minimum atomic E-state index is -0.756. The number of aliphatic hydroxyl groups excluding tert-OH is 1. The van der Waals surface area contributed by atoms with Crippen molar-refractivity contribution < 1.29 is 9.50 Å². The SMILES string of the molecule is OC(CN1CCC2=C(Cc3ccc(Cl)cc32)C1)c1cc(F)cc(Cl)c1. The van der Waals surface area contributed by atoms with E-state index in [1.165, 1.54) is 34.4 Å². The molecule has 0 amide bonds. The molecule has 4 rings (SSSR count). The molecule has 130 valence electrons. The third kappa shape index (κ3) is 3.47. The Kier molecular flexibility index (Phi) is 4.59. The fraction of sp³-hybridized carbons (Fsp3) is 0.300. The Balaban J connectivity index is 1.48. The number of fused-ring (bicyclic) bond motifs is 2. The van der Waals surface area contributed by atoms with Crippen LogP contribution < -0.4 is 0 Å². The number of aliphatic hydroxyl groups is 1. The molecule has 1 unspecified atom stereocenters. The second-order valence-corrected chi connectivity index (χ2v) is 7.64. The molecule has 1 N–H and O–H groups in total. The van der Waals surface area contributed by atoms with E-state index in [0.717, 1.165) is 31.0 Å². The number of β-amino-alcohol motifs (C(OH)–C–C–N with tert-alkyl or cyclic N) is 1. The fourth-order valence-corrected chi connectivity index (χ4v) is 4.27. The number of hydrogen-bond acceptors (Lipinski definition) is 2. The normalized spacial score (nSPS) is 18.2. The van der Waals surface area contributed by atoms with E-state index in [1.807, 2.05) is 6.07 Å². The van der Waals surface area contributed by atoms with Crippen LogP contribution in [0.15, 0.2) is 42.0 Å². The summed E-state index contributed by atoms with van der Waals surface area (Å²) in [5, 5.41) is 11.5. The van der Waals surface area contributed by atoms with Crippen molar-refractivity contribution in [2.45, 2.75) is 18.9 Å². The smallest absolute Gasteiger partial charge is 0.125 e. The van der Waals surface area contributed by atoms with Crippen LogP contribution in [0.25, 0.3) is 5.57 Å². The highest BCUT2D eigenvalue weighted by Gasteiger charge is 2.28. The van der Waals surface area contributed by atoms with Crippen molar-refractivity contribution in [3.63, 3.8) is 0 Å². The second kappa shape index (κ2) is 6.73. The third-order valence-electron chi connectivity index (χ3n) is 5.02. The first-order valence-electron chi connectivity index (χ1n) is 8.36. The standard InChI is InChI=1S/C20H18Cl2FNO/c21-15-2-1-12-5-14-10-24(4-3-18(14)19(12)9-15)11-20(25)13-6-16(22)8-17(23)7-13/h1-2,6-9,20,25H,3-5,10-11H2. The van der Waals surface area contributed by atoms with Gasteiger partial charge in [0, 0.05) is 29.7 Å². The lowest BCUT2D eigenvalue weighted by atomic mass is 9.98. The molecule has 1 aliphatic carbocycles. The molecule has 0 saturated carbocycles. The molecule has 1 atom stereocenters. The molecule has 2 aliphatic rings. The number of rotatable bonds is 3. The Labute approximate surface area is 156 Å². The molecule has 1 aliphatic heterocycles. The molecule has 5 heteroatoms. The van der Waals surface area contributed by atoms with Gasteiger partial charge in [-0.1, -0.05) is 29.3 Å². The minimum Gasteiger partial charge on any atom is -0.387 e. The van der Waals surface area contributed by atoms with Gasteiger partial charge in [-0.05, 0) is 71.0 Å². The van der Waals surface area contributed by atoms with Crippen LogP contribution in [-0.4, -0.2) is 29.6 Å². The second-order valence-electron chi connectivity index (χ2n) is 6.76. The molecule has 0 radical (unpaired) electrons. The van der Waals surface area contributed by atoms with Crippen molar-refractivity contribution in [1.29, 1.82) is 0 Å². The van der Waals surface area contributed by atoms with Gasteiger partial charge < -0.3 is 5.11 Å². The molecule has 25 heavy (non-hydrogen) atoms. The van der Waals surface area contributed by atoms with Gasteiger partial charge in [-0.2, -0.15) is 0 Å². The van der Waals surface area contributed by atoms with Crippen molar-refractivity contribution in [3.05, 3.63) is 74.5 Å². The fourth-order valence-electron chi connectivity index (χ4n) is 3.87. The van der Waals surface area contributed by atoms with Crippen LogP contribution >= 0.6 is 23.2 Å². The van der Waals surface area contributed by atoms with E-state index in [-0.39, 0.29) is 0 Å². The van der Waals surface area contributed by atoms with Gasteiger partial charge in [0.1, 0.15) is 5.82 Å². The first-order valence-corrected chi connectivity index (χ1v) is 9.11. The van der Waals surface area contributed by atoms with E-state index in [0.29, 0.717) is 17.1 Å². The maximum Gasteiger partial charge on any atom is 0.125 e. The van der Waals surface area contributed by atoms with E-state index in [1.54, 1.807) is 6.07 Å². The average Bonchev–Trinajstić information content (AvgIpc) is 2.91. The molecule has 0 aromatic heterocycles. The van der Waals surface area contributed by atoms with Crippen molar-refractivity contribution >= 4 is 28.8 Å². The Bertz CT molecular complexity index is 845. The van der Waals surface area contributed by atoms with Gasteiger partial charge >= 0.3 is 0 Å². The molecule has 2 nitrogen and oxygen atoms in total. The van der Waals surface area contributed by atoms with Crippen LogP contribution in [-0.2, 0) is 6.42 Å². The third-order valence-corrected chi connectivity index (χ3v) is 5.47. The Morgan fingerprint density at radius 1 is 1.12 bits per heavy atom. The zero-order valence-corrected chi connectivity index (χ0v) is 15.1. The summed E-state index contributed by atoms with van der Waals surface area (Å²) in [5.41, 5.74) is 5.92. The van der Waals surface area contributed by atoms with Crippen LogP contribution in [0.1, 0.15) is 29.2 Å². The van der Waals surface area contributed by atoms with Gasteiger partial charge in [-0.25, -0.2) is 4.39 Å². The highest BCUT2D eigenvalue weighted by atomic mass is 35.5. The molecule has 0 bridgehead atoms. The lowest BCUT2D eigenvalue weighted by molar-refractivity contribution is 0.117. The molecule has 2 aromatic carbocycles. The average molecular weight is 378 g/mol. The van der Waals surface area contributed by atoms with Crippen LogP contribution in [0.5, 0.6) is 0 Å². The lowest BCUT2D eigenvalue weighted by Gasteiger charge is -2.30. The summed E-state index contributed by atoms with van der Waals surface area (Å²) in [6.45, 7) is 2.15. The molecule has 2 aromatic rings. The van der Waals surface area contributed by atoms with Crippen molar-refractivity contribution in [2.75, 3.05) is 19.6 Å². The van der Waals surface area contributed by atoms with E-state index in [4.69, 9.17) is 23.2 Å². The van der Waals surface area contributed by atoms with Gasteiger partial charge in [-0.15, -0.1) is 0 Å². The number of nitrogens with zero attached hydrogens (tertiary/aromatic N) is 1. The van der Waals surface area contributed by atoms with E-state index in [2.05, 4.69) is 17.0 Å². The largest absolute Gasteiger partial charge is 0.387 e. The summed E-state index contributed by atoms with van der Waals surface area (Å²) in [6, 6.07) is 10.3. The molecule has 0 fully saturated rings.